The van der Waals surface area contributed by atoms with Crippen LogP contribution in [0, 0.1) is 19.7 Å². The fraction of sp³-hybridized carbons (Fsp3) is 0.214. The number of benzene rings is 3. The molecule has 1 N–H and O–H groups in total. The van der Waals surface area contributed by atoms with E-state index in [9.17, 15) is 14.0 Å². The van der Waals surface area contributed by atoms with Crippen molar-refractivity contribution in [3.05, 3.63) is 99.8 Å². The summed E-state index contributed by atoms with van der Waals surface area (Å²) in [5, 5.41) is 9.79. The highest BCUT2D eigenvalue weighted by molar-refractivity contribution is 8.15. The lowest BCUT2D eigenvalue weighted by atomic mass is 9.99. The molecule has 0 radical (unpaired) electrons. The van der Waals surface area contributed by atoms with Crippen molar-refractivity contribution in [2.75, 3.05) is 5.32 Å². The molecule has 0 spiro atoms. The standard InChI is InChI=1S/C28H24ClFN4O2S/c1-16-3-12-22(13-17(16)2)31-26(35)15-25-27(36)32-28(37-25)34-24(19-4-8-20(29)9-5-19)14-23(33-34)18-6-10-21(30)11-7-18/h3-13,24-25H,14-15H2,1-2H3,(H,31,35)/t24-,25-/m0/s1. The van der Waals surface area contributed by atoms with Gasteiger partial charge in [-0.15, -0.1) is 0 Å². The molecular weight excluding hydrogens is 511 g/mol. The maximum absolute atomic E-state index is 13.5. The Morgan fingerprint density at radius 1 is 1.08 bits per heavy atom. The molecule has 6 nitrogen and oxygen atoms in total. The molecule has 0 aliphatic carbocycles. The number of carbonyl (C=O) groups excluding carboxylic acids is 2. The van der Waals surface area contributed by atoms with Crippen LogP contribution in [0.1, 0.15) is 41.1 Å². The molecule has 2 aliphatic rings. The fourth-order valence-corrected chi connectivity index (χ4v) is 5.44. The van der Waals surface area contributed by atoms with Gasteiger partial charge in [0.15, 0.2) is 5.17 Å². The van der Waals surface area contributed by atoms with Crippen molar-refractivity contribution < 1.29 is 14.0 Å². The van der Waals surface area contributed by atoms with Gasteiger partial charge >= 0.3 is 0 Å². The van der Waals surface area contributed by atoms with Gasteiger partial charge in [-0.25, -0.2) is 9.40 Å². The molecule has 0 saturated carbocycles. The van der Waals surface area contributed by atoms with Crippen LogP contribution >= 0.6 is 23.4 Å². The number of nitrogens with one attached hydrogen (secondary N) is 1. The zero-order chi connectivity index (χ0) is 26.1. The van der Waals surface area contributed by atoms with Gasteiger partial charge in [-0.2, -0.15) is 10.1 Å². The largest absolute Gasteiger partial charge is 0.326 e. The average Bonchev–Trinajstić information content (AvgIpc) is 3.46. The molecule has 9 heteroatoms. The van der Waals surface area contributed by atoms with Crippen molar-refractivity contribution >= 4 is 51.7 Å². The first-order valence-corrected chi connectivity index (χ1v) is 13.1. The van der Waals surface area contributed by atoms with Gasteiger partial charge in [0, 0.05) is 23.6 Å². The number of rotatable bonds is 5. The van der Waals surface area contributed by atoms with Gasteiger partial charge < -0.3 is 5.32 Å². The smallest absolute Gasteiger partial charge is 0.262 e. The molecule has 2 heterocycles. The van der Waals surface area contributed by atoms with Gasteiger partial charge in [0.05, 0.1) is 11.8 Å². The monoisotopic (exact) mass is 534 g/mol. The van der Waals surface area contributed by atoms with E-state index in [1.54, 1.807) is 29.3 Å². The van der Waals surface area contributed by atoms with Crippen molar-refractivity contribution in [3.63, 3.8) is 0 Å². The first kappa shape index (κ1) is 25.2. The van der Waals surface area contributed by atoms with Crippen LogP contribution in [0.25, 0.3) is 0 Å². The van der Waals surface area contributed by atoms with Crippen molar-refractivity contribution in [3.8, 4) is 0 Å². The summed E-state index contributed by atoms with van der Waals surface area (Å²) in [5.74, 6) is -0.941. The molecule has 0 bridgehead atoms. The molecule has 0 unspecified atom stereocenters. The van der Waals surface area contributed by atoms with Gasteiger partial charge in [-0.3, -0.25) is 9.59 Å². The Morgan fingerprint density at radius 2 is 1.81 bits per heavy atom. The average molecular weight is 535 g/mol. The summed E-state index contributed by atoms with van der Waals surface area (Å²) < 4.78 is 13.5. The number of halogens is 2. The predicted molar refractivity (Wildman–Crippen MR) is 147 cm³/mol. The van der Waals surface area contributed by atoms with E-state index in [0.29, 0.717) is 22.3 Å². The Balaban J connectivity index is 1.34. The lowest BCUT2D eigenvalue weighted by Gasteiger charge is -2.23. The molecule has 188 valence electrons. The highest BCUT2D eigenvalue weighted by atomic mass is 35.5. The maximum Gasteiger partial charge on any atom is 0.262 e. The van der Waals surface area contributed by atoms with Gasteiger partial charge in [-0.1, -0.05) is 53.7 Å². The Morgan fingerprint density at radius 3 is 2.51 bits per heavy atom. The number of hydrogen-bond donors (Lipinski definition) is 1. The summed E-state index contributed by atoms with van der Waals surface area (Å²) in [7, 11) is 0. The Kier molecular flexibility index (Phi) is 7.13. The number of amidine groups is 1. The second kappa shape index (κ2) is 10.5. The zero-order valence-electron chi connectivity index (χ0n) is 20.2. The molecule has 3 aromatic rings. The second-order valence-corrected chi connectivity index (χ2v) is 10.7. The van der Waals surface area contributed by atoms with Crippen LogP contribution in [0.2, 0.25) is 5.02 Å². The number of thioether (sulfide) groups is 1. The van der Waals surface area contributed by atoms with Crippen LogP contribution in [-0.2, 0) is 9.59 Å². The first-order chi connectivity index (χ1) is 17.8. The number of anilines is 1. The van der Waals surface area contributed by atoms with Crippen molar-refractivity contribution in [1.82, 2.24) is 5.01 Å². The zero-order valence-corrected chi connectivity index (χ0v) is 21.8. The van der Waals surface area contributed by atoms with E-state index < -0.39 is 5.25 Å². The summed E-state index contributed by atoms with van der Waals surface area (Å²) in [6.45, 7) is 3.99. The normalized spacial score (nSPS) is 19.1. The van der Waals surface area contributed by atoms with E-state index in [0.717, 1.165) is 28.0 Å². The Hall–Kier alpha value is -3.49. The van der Waals surface area contributed by atoms with Gasteiger partial charge in [0.25, 0.3) is 5.91 Å². The molecule has 0 saturated heterocycles. The summed E-state index contributed by atoms with van der Waals surface area (Å²) in [6, 6.07) is 19.1. The topological polar surface area (TPSA) is 74.1 Å². The lowest BCUT2D eigenvalue weighted by Crippen LogP contribution is -2.25. The summed E-state index contributed by atoms with van der Waals surface area (Å²) in [6.07, 6.45) is 0.538. The fourth-order valence-electron chi connectivity index (χ4n) is 4.25. The quantitative estimate of drug-likeness (QED) is 0.418. The van der Waals surface area contributed by atoms with E-state index in [-0.39, 0.29) is 30.1 Å². The number of amides is 2. The Labute approximate surface area is 223 Å². The predicted octanol–water partition coefficient (Wildman–Crippen LogP) is 6.27. The molecule has 37 heavy (non-hydrogen) atoms. The molecular formula is C28H24ClFN4O2S. The molecule has 0 aromatic heterocycles. The number of hydrogen-bond acceptors (Lipinski definition) is 5. The van der Waals surface area contributed by atoms with Crippen LogP contribution in [0.15, 0.2) is 76.8 Å². The van der Waals surface area contributed by atoms with E-state index in [2.05, 4.69) is 10.3 Å². The van der Waals surface area contributed by atoms with Crippen LogP contribution < -0.4 is 5.32 Å². The van der Waals surface area contributed by atoms with Crippen molar-refractivity contribution in [2.45, 2.75) is 38.0 Å². The summed E-state index contributed by atoms with van der Waals surface area (Å²) in [5.41, 5.74) is 5.41. The third-order valence-electron chi connectivity index (χ3n) is 6.43. The van der Waals surface area contributed by atoms with E-state index in [1.807, 2.05) is 44.2 Å². The van der Waals surface area contributed by atoms with E-state index >= 15 is 0 Å². The highest BCUT2D eigenvalue weighted by Crippen LogP contribution is 2.39. The number of carbonyl (C=O) groups is 2. The van der Waals surface area contributed by atoms with Gasteiger partial charge in [0.1, 0.15) is 11.1 Å². The third kappa shape index (κ3) is 5.60. The maximum atomic E-state index is 13.5. The minimum atomic E-state index is -0.641. The molecule has 2 atom stereocenters. The Bertz CT molecular complexity index is 1420. The molecule has 3 aromatic carbocycles. The van der Waals surface area contributed by atoms with Crippen molar-refractivity contribution in [1.29, 1.82) is 0 Å². The van der Waals surface area contributed by atoms with E-state index in [4.69, 9.17) is 16.7 Å². The molecule has 2 amide bonds. The number of hydrazone groups is 1. The number of aryl methyl sites for hydroxylation is 2. The summed E-state index contributed by atoms with van der Waals surface area (Å²) in [4.78, 5) is 29.8. The van der Waals surface area contributed by atoms with Gasteiger partial charge in [-0.05, 0) is 72.5 Å². The second-order valence-electron chi connectivity index (χ2n) is 9.06. The van der Waals surface area contributed by atoms with E-state index in [1.165, 1.54) is 23.9 Å². The van der Waals surface area contributed by atoms with Gasteiger partial charge in [0.2, 0.25) is 5.91 Å². The SMILES string of the molecule is Cc1ccc(NC(=O)C[C@@H]2SC(N3N=C(c4ccc(F)cc4)C[C@H]3c3ccc(Cl)cc3)=NC2=O)cc1C. The minimum absolute atomic E-state index is 0.00257. The van der Waals surface area contributed by atoms with Crippen LogP contribution in [-0.4, -0.2) is 33.0 Å². The molecule has 0 fully saturated rings. The number of aliphatic imine (C=N–C) groups is 1. The number of nitrogens with zero attached hydrogens (tertiary/aromatic N) is 3. The van der Waals surface area contributed by atoms with Crippen LogP contribution in [0.4, 0.5) is 10.1 Å². The molecule has 2 aliphatic heterocycles. The van der Waals surface area contributed by atoms with Crippen LogP contribution in [0.3, 0.4) is 0 Å². The lowest BCUT2D eigenvalue weighted by molar-refractivity contribution is -0.121. The summed E-state index contributed by atoms with van der Waals surface area (Å²) >= 11 is 7.33. The first-order valence-electron chi connectivity index (χ1n) is 11.8. The van der Waals surface area contributed by atoms with Crippen molar-refractivity contribution in [2.24, 2.45) is 10.1 Å². The van der Waals surface area contributed by atoms with Crippen LogP contribution in [0.5, 0.6) is 0 Å². The third-order valence-corrected chi connectivity index (χ3v) is 7.82. The highest BCUT2D eigenvalue weighted by Gasteiger charge is 2.39. The molecule has 5 rings (SSSR count). The minimum Gasteiger partial charge on any atom is -0.326 e.